The van der Waals surface area contributed by atoms with Crippen molar-refractivity contribution in [2.24, 2.45) is 4.99 Å². The molecule has 1 aliphatic rings. The zero-order valence-corrected chi connectivity index (χ0v) is 15.1. The van der Waals surface area contributed by atoms with Crippen molar-refractivity contribution in [2.45, 2.75) is 0 Å². The van der Waals surface area contributed by atoms with Gasteiger partial charge < -0.3 is 14.5 Å². The highest BCUT2D eigenvalue weighted by Gasteiger charge is 2.23. The Morgan fingerprint density at radius 2 is 1.91 bits per heavy atom. The molecule has 0 unspecified atom stereocenters. The smallest absolute Gasteiger partial charge is 0.260 e. The van der Waals surface area contributed by atoms with Gasteiger partial charge in [-0.15, -0.1) is 4.99 Å². The van der Waals surface area contributed by atoms with E-state index in [9.17, 15) is 4.79 Å². The van der Waals surface area contributed by atoms with Crippen LogP contribution >= 0.6 is 27.7 Å². The molecule has 1 fully saturated rings. The SMILES string of the molecule is CS/C(=N\C#N)N1CCN(C(=O)COc2ccc(Br)cc2)CC1. The lowest BCUT2D eigenvalue weighted by molar-refractivity contribution is -0.134. The number of benzene rings is 1. The van der Waals surface area contributed by atoms with Crippen molar-refractivity contribution in [3.05, 3.63) is 28.7 Å². The van der Waals surface area contributed by atoms with Gasteiger partial charge >= 0.3 is 0 Å². The fourth-order valence-electron chi connectivity index (χ4n) is 2.20. The predicted octanol–water partition coefficient (Wildman–Crippen LogP) is 2.17. The zero-order chi connectivity index (χ0) is 16.7. The van der Waals surface area contributed by atoms with Crippen molar-refractivity contribution in [1.82, 2.24) is 9.80 Å². The first kappa shape index (κ1) is 17.6. The molecule has 122 valence electrons. The number of amides is 1. The van der Waals surface area contributed by atoms with E-state index in [0.717, 1.165) is 4.47 Å². The van der Waals surface area contributed by atoms with Crippen molar-refractivity contribution >= 4 is 38.8 Å². The maximum absolute atomic E-state index is 12.2. The van der Waals surface area contributed by atoms with E-state index in [1.165, 1.54) is 11.8 Å². The van der Waals surface area contributed by atoms with Gasteiger partial charge in [0.1, 0.15) is 5.75 Å². The van der Waals surface area contributed by atoms with Crippen molar-refractivity contribution in [3.8, 4) is 11.9 Å². The van der Waals surface area contributed by atoms with Gasteiger partial charge in [0, 0.05) is 30.7 Å². The second kappa shape index (κ2) is 8.79. The highest BCUT2D eigenvalue weighted by molar-refractivity contribution is 9.10. The van der Waals surface area contributed by atoms with Crippen LogP contribution in [0.4, 0.5) is 0 Å². The highest BCUT2D eigenvalue weighted by Crippen LogP contribution is 2.16. The minimum atomic E-state index is -0.0320. The summed E-state index contributed by atoms with van der Waals surface area (Å²) < 4.78 is 6.48. The third kappa shape index (κ3) is 5.15. The summed E-state index contributed by atoms with van der Waals surface area (Å²) in [6.07, 6.45) is 3.70. The quantitative estimate of drug-likeness (QED) is 0.444. The van der Waals surface area contributed by atoms with Gasteiger partial charge in [0.15, 0.2) is 11.8 Å². The number of halogens is 1. The molecular formula is C15H17BrN4O2S. The van der Waals surface area contributed by atoms with Crippen LogP contribution in [0.3, 0.4) is 0 Å². The van der Waals surface area contributed by atoms with Crippen LogP contribution in [-0.2, 0) is 4.79 Å². The number of piperazine rings is 1. The molecule has 1 aliphatic heterocycles. The van der Waals surface area contributed by atoms with Crippen molar-refractivity contribution in [2.75, 3.05) is 39.0 Å². The predicted molar refractivity (Wildman–Crippen MR) is 94.4 cm³/mol. The number of thioether (sulfide) groups is 1. The highest BCUT2D eigenvalue weighted by atomic mass is 79.9. The third-order valence-corrected chi connectivity index (χ3v) is 4.65. The van der Waals surface area contributed by atoms with Gasteiger partial charge in [0.2, 0.25) is 6.19 Å². The van der Waals surface area contributed by atoms with E-state index in [-0.39, 0.29) is 12.5 Å². The lowest BCUT2D eigenvalue weighted by Crippen LogP contribution is -2.51. The number of nitrogens with zero attached hydrogens (tertiary/aromatic N) is 4. The average molecular weight is 397 g/mol. The number of aliphatic imine (C=N–C) groups is 1. The molecule has 2 rings (SSSR count). The molecule has 1 amide bonds. The van der Waals surface area contributed by atoms with E-state index in [2.05, 4.69) is 20.9 Å². The van der Waals surface area contributed by atoms with E-state index in [1.54, 1.807) is 4.90 Å². The standard InChI is InChI=1S/C15H17BrN4O2S/c1-23-15(18-11-17)20-8-6-19(7-9-20)14(21)10-22-13-4-2-12(16)3-5-13/h2-5H,6-10H2,1H3/b18-15-. The lowest BCUT2D eigenvalue weighted by atomic mass is 10.3. The number of hydrogen-bond donors (Lipinski definition) is 0. The molecule has 1 saturated heterocycles. The van der Waals surface area contributed by atoms with E-state index in [0.29, 0.717) is 37.1 Å². The summed E-state index contributed by atoms with van der Waals surface area (Å²) in [6, 6.07) is 7.38. The molecule has 0 atom stereocenters. The summed E-state index contributed by atoms with van der Waals surface area (Å²) in [7, 11) is 0. The molecule has 0 radical (unpaired) electrons. The van der Waals surface area contributed by atoms with Crippen LogP contribution in [0.1, 0.15) is 0 Å². The van der Waals surface area contributed by atoms with Crippen molar-refractivity contribution < 1.29 is 9.53 Å². The first-order valence-electron chi connectivity index (χ1n) is 7.06. The Morgan fingerprint density at radius 3 is 2.48 bits per heavy atom. The molecule has 0 aromatic heterocycles. The van der Waals surface area contributed by atoms with Crippen LogP contribution < -0.4 is 4.74 Å². The Labute approximate surface area is 148 Å². The van der Waals surface area contributed by atoms with Gasteiger partial charge in [0.05, 0.1) is 0 Å². The molecule has 0 saturated carbocycles. The number of carbonyl (C=O) groups excluding carboxylic acids is 1. The van der Waals surface area contributed by atoms with Gasteiger partial charge in [0.25, 0.3) is 5.91 Å². The summed E-state index contributed by atoms with van der Waals surface area (Å²) >= 11 is 4.80. The minimum absolute atomic E-state index is 0.0311. The maximum atomic E-state index is 12.2. The molecule has 0 bridgehead atoms. The van der Waals surface area contributed by atoms with Crippen molar-refractivity contribution in [1.29, 1.82) is 5.26 Å². The van der Waals surface area contributed by atoms with Crippen LogP contribution in [-0.4, -0.2) is 59.9 Å². The van der Waals surface area contributed by atoms with Gasteiger partial charge in [-0.1, -0.05) is 27.7 Å². The number of rotatable bonds is 3. The van der Waals surface area contributed by atoms with Crippen LogP contribution in [0.5, 0.6) is 5.75 Å². The Bertz CT molecular complexity index is 607. The Morgan fingerprint density at radius 1 is 1.30 bits per heavy atom. The second-order valence-electron chi connectivity index (χ2n) is 4.81. The topological polar surface area (TPSA) is 68.9 Å². The Hall–Kier alpha value is -1.72. The summed E-state index contributed by atoms with van der Waals surface area (Å²) in [6.45, 7) is 2.58. The van der Waals surface area contributed by atoms with Gasteiger partial charge in [-0.25, -0.2) is 0 Å². The van der Waals surface area contributed by atoms with E-state index >= 15 is 0 Å². The summed E-state index contributed by atoms with van der Waals surface area (Å²) in [5, 5.41) is 9.37. The van der Waals surface area contributed by atoms with Gasteiger partial charge in [-0.05, 0) is 30.5 Å². The van der Waals surface area contributed by atoms with E-state index in [1.807, 2.05) is 41.6 Å². The molecule has 1 aromatic rings. The normalized spacial score (nSPS) is 15.3. The zero-order valence-electron chi connectivity index (χ0n) is 12.7. The molecule has 0 N–H and O–H groups in total. The van der Waals surface area contributed by atoms with Gasteiger partial charge in [-0.2, -0.15) is 5.26 Å². The lowest BCUT2D eigenvalue weighted by Gasteiger charge is -2.35. The first-order valence-corrected chi connectivity index (χ1v) is 9.07. The Kier molecular flexibility index (Phi) is 6.74. The molecule has 0 aliphatic carbocycles. The third-order valence-electron chi connectivity index (χ3n) is 3.41. The van der Waals surface area contributed by atoms with E-state index in [4.69, 9.17) is 10.00 Å². The molecule has 6 nitrogen and oxygen atoms in total. The molecular weight excluding hydrogens is 380 g/mol. The van der Waals surface area contributed by atoms with E-state index < -0.39 is 0 Å². The number of amidine groups is 1. The number of ether oxygens (including phenoxy) is 1. The maximum Gasteiger partial charge on any atom is 0.260 e. The molecule has 23 heavy (non-hydrogen) atoms. The van der Waals surface area contributed by atoms with Crippen molar-refractivity contribution in [3.63, 3.8) is 0 Å². The molecule has 8 heteroatoms. The monoisotopic (exact) mass is 396 g/mol. The summed E-state index contributed by atoms with van der Waals surface area (Å²) in [4.78, 5) is 19.8. The molecule has 0 spiro atoms. The average Bonchev–Trinajstić information content (AvgIpc) is 2.59. The minimum Gasteiger partial charge on any atom is -0.484 e. The van der Waals surface area contributed by atoms with Crippen LogP contribution in [0.25, 0.3) is 0 Å². The fourth-order valence-corrected chi connectivity index (χ4v) is 3.04. The largest absolute Gasteiger partial charge is 0.484 e. The second-order valence-corrected chi connectivity index (χ2v) is 6.50. The van der Waals surface area contributed by atoms with Crippen LogP contribution in [0.2, 0.25) is 0 Å². The number of hydrogen-bond acceptors (Lipinski definition) is 5. The molecule has 1 heterocycles. The first-order chi connectivity index (χ1) is 11.1. The molecule has 1 aromatic carbocycles. The van der Waals surface area contributed by atoms with Crippen LogP contribution in [0, 0.1) is 11.5 Å². The van der Waals surface area contributed by atoms with Crippen LogP contribution in [0.15, 0.2) is 33.7 Å². The summed E-state index contributed by atoms with van der Waals surface area (Å²) in [5.41, 5.74) is 0. The fraction of sp³-hybridized carbons (Fsp3) is 0.400. The number of carbonyl (C=O) groups is 1. The van der Waals surface area contributed by atoms with Gasteiger partial charge in [-0.3, -0.25) is 4.79 Å². The Balaban J connectivity index is 1.80. The number of nitriles is 1. The summed E-state index contributed by atoms with van der Waals surface area (Å²) in [5.74, 6) is 0.640.